The number of rotatable bonds is 2. The van der Waals surface area contributed by atoms with E-state index in [1.165, 1.54) is 5.56 Å². The first-order valence-corrected chi connectivity index (χ1v) is 4.49. The van der Waals surface area contributed by atoms with E-state index in [-0.39, 0.29) is 0 Å². The van der Waals surface area contributed by atoms with Crippen molar-refractivity contribution in [2.75, 3.05) is 7.11 Å². The number of benzene rings is 1. The lowest BCUT2D eigenvalue weighted by molar-refractivity contribution is 0.339. The van der Waals surface area contributed by atoms with Gasteiger partial charge in [0.05, 0.1) is 13.4 Å². The predicted octanol–water partition coefficient (Wildman–Crippen LogP) is 3.46. The second-order valence-electron chi connectivity index (χ2n) is 2.52. The third-order valence-electron chi connectivity index (χ3n) is 1.59. The molecular formula is C10H11BrO. The SMILES string of the molecule is CO/C=C(\C)c1ccccc1Br. The molecule has 0 spiro atoms. The highest BCUT2D eigenvalue weighted by molar-refractivity contribution is 9.10. The van der Waals surface area contributed by atoms with Crippen molar-refractivity contribution >= 4 is 21.5 Å². The summed E-state index contributed by atoms with van der Waals surface area (Å²) in [6, 6.07) is 8.07. The maximum absolute atomic E-state index is 4.93. The van der Waals surface area contributed by atoms with Gasteiger partial charge in [0, 0.05) is 4.47 Å². The zero-order chi connectivity index (χ0) is 8.97. The Morgan fingerprint density at radius 3 is 2.67 bits per heavy atom. The minimum atomic E-state index is 1.09. The summed E-state index contributed by atoms with van der Waals surface area (Å²) in [6.07, 6.45) is 1.74. The minimum Gasteiger partial charge on any atom is -0.504 e. The molecule has 0 aromatic heterocycles. The van der Waals surface area contributed by atoms with Crippen LogP contribution in [-0.4, -0.2) is 7.11 Å². The van der Waals surface area contributed by atoms with Crippen molar-refractivity contribution in [3.63, 3.8) is 0 Å². The van der Waals surface area contributed by atoms with Crippen molar-refractivity contribution in [2.24, 2.45) is 0 Å². The molecule has 0 fully saturated rings. The van der Waals surface area contributed by atoms with Crippen molar-refractivity contribution in [1.29, 1.82) is 0 Å². The standard InChI is InChI=1S/C10H11BrO/c1-8(7-12-2)9-5-3-4-6-10(9)11/h3-7H,1-2H3/b8-7+. The number of methoxy groups -OCH3 is 1. The smallest absolute Gasteiger partial charge is 0.0860 e. The molecule has 1 rings (SSSR count). The summed E-state index contributed by atoms with van der Waals surface area (Å²) in [6.45, 7) is 2.02. The molecule has 0 unspecified atom stereocenters. The van der Waals surface area contributed by atoms with Crippen LogP contribution in [0.3, 0.4) is 0 Å². The van der Waals surface area contributed by atoms with E-state index in [0.717, 1.165) is 10.0 Å². The zero-order valence-electron chi connectivity index (χ0n) is 7.17. The van der Waals surface area contributed by atoms with Crippen LogP contribution in [-0.2, 0) is 4.74 Å². The Kier molecular flexibility index (Phi) is 3.35. The topological polar surface area (TPSA) is 9.23 Å². The normalized spacial score (nSPS) is 11.4. The van der Waals surface area contributed by atoms with Crippen LogP contribution in [0, 0.1) is 0 Å². The Morgan fingerprint density at radius 1 is 1.42 bits per heavy atom. The Morgan fingerprint density at radius 2 is 2.08 bits per heavy atom. The van der Waals surface area contributed by atoms with Crippen LogP contribution in [0.15, 0.2) is 35.0 Å². The summed E-state index contributed by atoms with van der Waals surface area (Å²) in [5.41, 5.74) is 2.28. The molecule has 0 N–H and O–H groups in total. The summed E-state index contributed by atoms with van der Waals surface area (Å²) in [4.78, 5) is 0. The minimum absolute atomic E-state index is 1.09. The van der Waals surface area contributed by atoms with Crippen LogP contribution in [0.2, 0.25) is 0 Å². The average Bonchev–Trinajstić information content (AvgIpc) is 2.05. The molecule has 0 amide bonds. The lowest BCUT2D eigenvalue weighted by Gasteiger charge is -2.03. The van der Waals surface area contributed by atoms with Gasteiger partial charge in [-0.1, -0.05) is 34.1 Å². The maximum Gasteiger partial charge on any atom is 0.0860 e. The monoisotopic (exact) mass is 226 g/mol. The van der Waals surface area contributed by atoms with E-state index in [1.807, 2.05) is 25.1 Å². The van der Waals surface area contributed by atoms with Crippen molar-refractivity contribution in [3.05, 3.63) is 40.6 Å². The number of hydrogen-bond donors (Lipinski definition) is 0. The molecule has 0 aliphatic heterocycles. The van der Waals surface area contributed by atoms with Gasteiger partial charge in [-0.25, -0.2) is 0 Å². The van der Waals surface area contributed by atoms with Crippen LogP contribution in [0.4, 0.5) is 0 Å². The van der Waals surface area contributed by atoms with Crippen LogP contribution >= 0.6 is 15.9 Å². The molecule has 0 heterocycles. The Hall–Kier alpha value is -0.760. The maximum atomic E-state index is 4.93. The summed E-state index contributed by atoms with van der Waals surface area (Å²) in [5, 5.41) is 0. The van der Waals surface area contributed by atoms with Crippen molar-refractivity contribution in [2.45, 2.75) is 6.92 Å². The number of ether oxygens (including phenoxy) is 1. The van der Waals surface area contributed by atoms with Crippen LogP contribution in [0.25, 0.3) is 5.57 Å². The summed E-state index contributed by atoms with van der Waals surface area (Å²) in [5.74, 6) is 0. The highest BCUT2D eigenvalue weighted by atomic mass is 79.9. The van der Waals surface area contributed by atoms with E-state index in [2.05, 4.69) is 22.0 Å². The molecule has 64 valence electrons. The zero-order valence-corrected chi connectivity index (χ0v) is 8.76. The molecule has 1 nitrogen and oxygen atoms in total. The molecule has 1 aromatic rings. The fourth-order valence-electron chi connectivity index (χ4n) is 1.02. The first-order chi connectivity index (χ1) is 5.75. The van der Waals surface area contributed by atoms with Crippen molar-refractivity contribution in [3.8, 4) is 0 Å². The third-order valence-corrected chi connectivity index (χ3v) is 2.28. The van der Waals surface area contributed by atoms with Gasteiger partial charge in [0.2, 0.25) is 0 Å². The van der Waals surface area contributed by atoms with Gasteiger partial charge < -0.3 is 4.74 Å². The quantitative estimate of drug-likeness (QED) is 0.703. The van der Waals surface area contributed by atoms with E-state index >= 15 is 0 Å². The predicted molar refractivity (Wildman–Crippen MR) is 54.8 cm³/mol. The lowest BCUT2D eigenvalue weighted by atomic mass is 10.1. The van der Waals surface area contributed by atoms with Gasteiger partial charge in [-0.15, -0.1) is 0 Å². The molecule has 12 heavy (non-hydrogen) atoms. The average molecular weight is 227 g/mol. The van der Waals surface area contributed by atoms with Gasteiger partial charge >= 0.3 is 0 Å². The van der Waals surface area contributed by atoms with E-state index in [1.54, 1.807) is 13.4 Å². The summed E-state index contributed by atoms with van der Waals surface area (Å²) < 4.78 is 6.02. The Labute approximate surface area is 81.2 Å². The van der Waals surface area contributed by atoms with E-state index in [9.17, 15) is 0 Å². The van der Waals surface area contributed by atoms with Gasteiger partial charge in [-0.05, 0) is 24.1 Å². The lowest BCUT2D eigenvalue weighted by Crippen LogP contribution is -1.81. The number of hydrogen-bond acceptors (Lipinski definition) is 1. The summed E-state index contributed by atoms with van der Waals surface area (Å²) >= 11 is 3.47. The second kappa shape index (κ2) is 4.31. The van der Waals surface area contributed by atoms with Gasteiger partial charge in [0.1, 0.15) is 0 Å². The molecule has 0 aliphatic rings. The highest BCUT2D eigenvalue weighted by Crippen LogP contribution is 2.23. The largest absolute Gasteiger partial charge is 0.504 e. The molecule has 0 radical (unpaired) electrons. The van der Waals surface area contributed by atoms with Crippen molar-refractivity contribution in [1.82, 2.24) is 0 Å². The highest BCUT2D eigenvalue weighted by Gasteiger charge is 1.99. The molecule has 0 saturated heterocycles. The Bertz CT molecular complexity index is 292. The van der Waals surface area contributed by atoms with Crippen LogP contribution in [0.1, 0.15) is 12.5 Å². The van der Waals surface area contributed by atoms with Gasteiger partial charge in [-0.3, -0.25) is 0 Å². The second-order valence-corrected chi connectivity index (χ2v) is 3.37. The van der Waals surface area contributed by atoms with Gasteiger partial charge in [0.15, 0.2) is 0 Å². The van der Waals surface area contributed by atoms with Gasteiger partial charge in [0.25, 0.3) is 0 Å². The molecule has 0 saturated carbocycles. The number of allylic oxidation sites excluding steroid dienone is 1. The van der Waals surface area contributed by atoms with E-state index in [4.69, 9.17) is 4.74 Å². The fraction of sp³-hybridized carbons (Fsp3) is 0.200. The molecule has 0 aliphatic carbocycles. The molecule has 1 aromatic carbocycles. The summed E-state index contributed by atoms with van der Waals surface area (Å²) in [7, 11) is 1.65. The molecule has 0 atom stereocenters. The first-order valence-electron chi connectivity index (χ1n) is 3.70. The first kappa shape index (κ1) is 9.33. The number of halogens is 1. The fourth-order valence-corrected chi connectivity index (χ4v) is 1.62. The Balaban J connectivity index is 3.02. The molecule has 0 bridgehead atoms. The van der Waals surface area contributed by atoms with Crippen LogP contribution in [0.5, 0.6) is 0 Å². The van der Waals surface area contributed by atoms with E-state index < -0.39 is 0 Å². The van der Waals surface area contributed by atoms with E-state index in [0.29, 0.717) is 0 Å². The van der Waals surface area contributed by atoms with Crippen LogP contribution < -0.4 is 0 Å². The third kappa shape index (κ3) is 2.11. The van der Waals surface area contributed by atoms with Gasteiger partial charge in [-0.2, -0.15) is 0 Å². The van der Waals surface area contributed by atoms with Crippen molar-refractivity contribution < 1.29 is 4.74 Å². The molecule has 2 heteroatoms. The molecular weight excluding hydrogens is 216 g/mol.